The lowest BCUT2D eigenvalue weighted by atomic mass is 10.2. The Labute approximate surface area is 140 Å². The van der Waals surface area contributed by atoms with Gasteiger partial charge in [-0.05, 0) is 24.1 Å². The van der Waals surface area contributed by atoms with Gasteiger partial charge in [0, 0.05) is 11.6 Å². The minimum atomic E-state index is 0.000833. The smallest absolute Gasteiger partial charge is 0.262 e. The van der Waals surface area contributed by atoms with Crippen LogP contribution in [-0.4, -0.2) is 35.9 Å². The van der Waals surface area contributed by atoms with Crippen LogP contribution in [0.25, 0.3) is 10.9 Å². The number of benzene rings is 1. The zero-order valence-corrected chi connectivity index (χ0v) is 15.1. The number of thioether (sulfide) groups is 1. The molecular weight excluding hydrogens is 318 g/mol. The van der Waals surface area contributed by atoms with Gasteiger partial charge in [0.15, 0.2) is 5.16 Å². The average Bonchev–Trinajstić information content (AvgIpc) is 2.43. The van der Waals surface area contributed by atoms with E-state index in [9.17, 15) is 4.79 Å². The van der Waals surface area contributed by atoms with E-state index in [1.54, 1.807) is 28.5 Å². The molecule has 2 rings (SSSR count). The van der Waals surface area contributed by atoms with E-state index in [4.69, 9.17) is 11.6 Å². The van der Waals surface area contributed by atoms with Crippen molar-refractivity contribution in [2.24, 2.45) is 5.92 Å². The molecule has 0 atom stereocenters. The van der Waals surface area contributed by atoms with Gasteiger partial charge >= 0.3 is 0 Å². The van der Waals surface area contributed by atoms with Gasteiger partial charge in [-0.2, -0.15) is 0 Å². The number of hydrogen-bond acceptors (Lipinski definition) is 3. The molecule has 0 amide bonds. The summed E-state index contributed by atoms with van der Waals surface area (Å²) in [6.07, 6.45) is 0. The Bertz CT molecular complexity index is 712. The molecule has 0 unspecified atom stereocenters. The van der Waals surface area contributed by atoms with Gasteiger partial charge in [-0.25, -0.2) is 4.98 Å². The summed E-state index contributed by atoms with van der Waals surface area (Å²) in [4.78, 5) is 18.9. The highest BCUT2D eigenvalue weighted by Gasteiger charge is 2.13. The van der Waals surface area contributed by atoms with Crippen molar-refractivity contribution in [2.75, 3.05) is 26.4 Å². The molecule has 0 aliphatic carbocycles. The molecular formula is C16H23ClN3OS+. The summed E-state index contributed by atoms with van der Waals surface area (Å²) in [6, 6.07) is 5.31. The Kier molecular flexibility index (Phi) is 5.89. The molecule has 4 nitrogen and oxygen atoms in total. The molecule has 0 bridgehead atoms. The number of nitrogens with zero attached hydrogens (tertiary/aromatic N) is 2. The predicted molar refractivity (Wildman–Crippen MR) is 94.3 cm³/mol. The molecule has 0 radical (unpaired) electrons. The topological polar surface area (TPSA) is 39.3 Å². The molecule has 0 spiro atoms. The second-order valence-corrected chi connectivity index (χ2v) is 7.67. The van der Waals surface area contributed by atoms with Gasteiger partial charge in [-0.3, -0.25) is 9.36 Å². The van der Waals surface area contributed by atoms with Crippen LogP contribution in [0.3, 0.4) is 0 Å². The number of nitrogens with one attached hydrogen (secondary N) is 1. The Morgan fingerprint density at radius 2 is 2.09 bits per heavy atom. The fraction of sp³-hybridized carbons (Fsp3) is 0.500. The van der Waals surface area contributed by atoms with Crippen LogP contribution in [0, 0.1) is 5.92 Å². The van der Waals surface area contributed by atoms with Crippen LogP contribution in [0.4, 0.5) is 0 Å². The first-order chi connectivity index (χ1) is 10.4. The second kappa shape index (κ2) is 7.49. The van der Waals surface area contributed by atoms with Gasteiger partial charge in [0.05, 0.1) is 37.3 Å². The molecule has 1 aromatic carbocycles. The summed E-state index contributed by atoms with van der Waals surface area (Å²) in [7, 11) is 4.25. The number of aromatic nitrogens is 2. The highest BCUT2D eigenvalue weighted by atomic mass is 35.5. The van der Waals surface area contributed by atoms with Crippen molar-refractivity contribution < 1.29 is 4.90 Å². The van der Waals surface area contributed by atoms with Crippen molar-refractivity contribution in [3.63, 3.8) is 0 Å². The lowest BCUT2D eigenvalue weighted by Crippen LogP contribution is -3.06. The van der Waals surface area contributed by atoms with E-state index < -0.39 is 0 Å². The SMILES string of the molecule is CC(C)Cn1c(SCC[NH+](C)C)nc2ccc(Cl)cc2c1=O. The highest BCUT2D eigenvalue weighted by molar-refractivity contribution is 7.99. The predicted octanol–water partition coefficient (Wildman–Crippen LogP) is 1.94. The van der Waals surface area contributed by atoms with Crippen molar-refractivity contribution >= 4 is 34.3 Å². The molecule has 120 valence electrons. The Hall–Kier alpha value is -1.04. The number of halogens is 1. The molecule has 1 heterocycles. The molecule has 0 saturated heterocycles. The summed E-state index contributed by atoms with van der Waals surface area (Å²) in [5.74, 6) is 1.32. The standard InChI is InChI=1S/C16H22ClN3OS/c1-11(2)10-20-15(21)13-9-12(17)5-6-14(13)18-16(20)22-8-7-19(3)4/h5-6,9,11H,7-8,10H2,1-4H3/p+1. The molecule has 0 saturated carbocycles. The van der Waals surface area contributed by atoms with Gasteiger partial charge in [0.2, 0.25) is 0 Å². The van der Waals surface area contributed by atoms with Crippen molar-refractivity contribution in [3.05, 3.63) is 33.6 Å². The molecule has 0 fully saturated rings. The van der Waals surface area contributed by atoms with E-state index >= 15 is 0 Å². The van der Waals surface area contributed by atoms with Crippen molar-refractivity contribution in [3.8, 4) is 0 Å². The van der Waals surface area contributed by atoms with Gasteiger partial charge < -0.3 is 4.90 Å². The summed E-state index contributed by atoms with van der Waals surface area (Å²) in [5.41, 5.74) is 0.718. The van der Waals surface area contributed by atoms with Gasteiger partial charge in [-0.1, -0.05) is 37.2 Å². The van der Waals surface area contributed by atoms with E-state index in [-0.39, 0.29) is 5.56 Å². The van der Waals surface area contributed by atoms with Crippen LogP contribution in [-0.2, 0) is 6.54 Å². The van der Waals surface area contributed by atoms with Crippen LogP contribution in [0.5, 0.6) is 0 Å². The summed E-state index contributed by atoms with van der Waals surface area (Å²) in [6.45, 7) is 5.91. The van der Waals surface area contributed by atoms with Crippen molar-refractivity contribution in [2.45, 2.75) is 25.5 Å². The molecule has 0 aliphatic rings. The van der Waals surface area contributed by atoms with Crippen LogP contribution < -0.4 is 10.5 Å². The summed E-state index contributed by atoms with van der Waals surface area (Å²) >= 11 is 7.67. The van der Waals surface area contributed by atoms with Crippen molar-refractivity contribution in [1.29, 1.82) is 0 Å². The van der Waals surface area contributed by atoms with Crippen LogP contribution >= 0.6 is 23.4 Å². The zero-order chi connectivity index (χ0) is 16.3. The maximum absolute atomic E-state index is 12.8. The normalized spacial score (nSPS) is 11.8. The lowest BCUT2D eigenvalue weighted by Gasteiger charge is -2.15. The third-order valence-corrected chi connectivity index (χ3v) is 4.48. The molecule has 22 heavy (non-hydrogen) atoms. The van der Waals surface area contributed by atoms with E-state index in [0.717, 1.165) is 17.5 Å². The fourth-order valence-electron chi connectivity index (χ4n) is 2.16. The molecule has 1 aromatic heterocycles. The van der Waals surface area contributed by atoms with Crippen LogP contribution in [0.1, 0.15) is 13.8 Å². The largest absolute Gasteiger partial charge is 0.339 e. The first-order valence-electron chi connectivity index (χ1n) is 7.50. The first kappa shape index (κ1) is 17.3. The second-order valence-electron chi connectivity index (χ2n) is 6.17. The lowest BCUT2D eigenvalue weighted by molar-refractivity contribution is -0.855. The number of quaternary nitrogens is 1. The summed E-state index contributed by atoms with van der Waals surface area (Å²) < 4.78 is 1.79. The maximum atomic E-state index is 12.8. The highest BCUT2D eigenvalue weighted by Crippen LogP contribution is 2.20. The number of rotatable bonds is 6. The van der Waals surface area contributed by atoms with Gasteiger partial charge in [0.25, 0.3) is 5.56 Å². The molecule has 0 aliphatic heterocycles. The molecule has 6 heteroatoms. The molecule has 1 N–H and O–H groups in total. The van der Waals surface area contributed by atoms with Gasteiger partial charge in [0.1, 0.15) is 0 Å². The van der Waals surface area contributed by atoms with Gasteiger partial charge in [-0.15, -0.1) is 0 Å². The number of hydrogen-bond donors (Lipinski definition) is 1. The third-order valence-electron chi connectivity index (χ3n) is 3.26. The number of fused-ring (bicyclic) bond motifs is 1. The van der Waals surface area contributed by atoms with Crippen molar-refractivity contribution in [1.82, 2.24) is 9.55 Å². The Balaban J connectivity index is 2.47. The maximum Gasteiger partial charge on any atom is 0.262 e. The zero-order valence-electron chi connectivity index (χ0n) is 13.5. The minimum Gasteiger partial charge on any atom is -0.339 e. The minimum absolute atomic E-state index is 0.000833. The van der Waals surface area contributed by atoms with Crippen LogP contribution in [0.15, 0.2) is 28.2 Å². The van der Waals surface area contributed by atoms with E-state index in [1.165, 1.54) is 4.90 Å². The third kappa shape index (κ3) is 4.24. The quantitative estimate of drug-likeness (QED) is 0.645. The Morgan fingerprint density at radius 3 is 2.73 bits per heavy atom. The van der Waals surface area contributed by atoms with E-state index in [0.29, 0.717) is 28.4 Å². The Morgan fingerprint density at radius 1 is 1.36 bits per heavy atom. The molecule has 2 aromatic rings. The monoisotopic (exact) mass is 340 g/mol. The average molecular weight is 341 g/mol. The van der Waals surface area contributed by atoms with E-state index in [1.807, 2.05) is 6.07 Å². The fourth-order valence-corrected chi connectivity index (χ4v) is 3.50. The van der Waals surface area contributed by atoms with Crippen LogP contribution in [0.2, 0.25) is 5.02 Å². The first-order valence-corrected chi connectivity index (χ1v) is 8.86. The summed E-state index contributed by atoms with van der Waals surface area (Å²) in [5, 5.41) is 1.96. The van der Waals surface area contributed by atoms with E-state index in [2.05, 4.69) is 32.9 Å².